The number of nitro benzene ring substituents is 1. The molecule has 0 aliphatic rings. The van der Waals surface area contributed by atoms with Crippen LogP contribution >= 0.6 is 11.6 Å². The Morgan fingerprint density at radius 2 is 2.05 bits per heavy atom. The van der Waals surface area contributed by atoms with E-state index in [0.717, 1.165) is 0 Å². The molecule has 2 aromatic rings. The maximum atomic E-state index is 12.1. The fourth-order valence-corrected chi connectivity index (χ4v) is 2.14. The fourth-order valence-electron chi connectivity index (χ4n) is 1.90. The molecule has 2 rings (SSSR count). The van der Waals surface area contributed by atoms with Crippen molar-refractivity contribution in [2.24, 2.45) is 0 Å². The van der Waals surface area contributed by atoms with Crippen LogP contribution in [0.5, 0.6) is 0 Å². The summed E-state index contributed by atoms with van der Waals surface area (Å²) in [6, 6.07) is 4.32. The zero-order valence-corrected chi connectivity index (χ0v) is 11.9. The molecule has 0 amide bonds. The molecule has 0 fully saturated rings. The molecule has 0 radical (unpaired) electrons. The van der Waals surface area contributed by atoms with Crippen LogP contribution in [0.15, 0.2) is 35.4 Å². The van der Waals surface area contributed by atoms with E-state index in [1.807, 2.05) is 13.8 Å². The first-order valence-electron chi connectivity index (χ1n) is 6.10. The second-order valence-electron chi connectivity index (χ2n) is 4.74. The molecule has 0 saturated carbocycles. The number of imidazole rings is 1. The van der Waals surface area contributed by atoms with E-state index in [4.69, 9.17) is 11.6 Å². The summed E-state index contributed by atoms with van der Waals surface area (Å²) in [7, 11) is 0. The number of non-ortho nitro benzene ring substituents is 1. The minimum atomic E-state index is -0.503. The summed E-state index contributed by atoms with van der Waals surface area (Å²) in [6.45, 7) is 4.13. The van der Waals surface area contributed by atoms with Gasteiger partial charge < -0.3 is 0 Å². The van der Waals surface area contributed by atoms with E-state index in [-0.39, 0.29) is 29.0 Å². The molecule has 0 unspecified atom stereocenters. The predicted molar refractivity (Wildman–Crippen MR) is 76.3 cm³/mol. The smallest absolute Gasteiger partial charge is 0.297 e. The second-order valence-corrected chi connectivity index (χ2v) is 5.15. The first-order chi connectivity index (χ1) is 9.40. The highest BCUT2D eigenvalue weighted by atomic mass is 35.5. The quantitative estimate of drug-likeness (QED) is 0.643. The molecule has 0 aliphatic carbocycles. The fraction of sp³-hybridized carbons (Fsp3) is 0.308. The monoisotopic (exact) mass is 295 g/mol. The molecule has 1 heterocycles. The van der Waals surface area contributed by atoms with Crippen LogP contribution in [0.3, 0.4) is 0 Å². The van der Waals surface area contributed by atoms with E-state index in [2.05, 4.69) is 0 Å². The third-order valence-corrected chi connectivity index (χ3v) is 3.37. The van der Waals surface area contributed by atoms with Gasteiger partial charge in [0.2, 0.25) is 0 Å². The number of halogens is 1. The first-order valence-corrected chi connectivity index (χ1v) is 6.48. The van der Waals surface area contributed by atoms with Gasteiger partial charge in [-0.2, -0.15) is 0 Å². The van der Waals surface area contributed by atoms with Crippen LogP contribution < -0.4 is 5.69 Å². The Hall–Kier alpha value is -2.08. The molecule has 0 aliphatic heterocycles. The first kappa shape index (κ1) is 14.3. The number of nitrogens with zero attached hydrogens (tertiary/aromatic N) is 3. The van der Waals surface area contributed by atoms with Crippen molar-refractivity contribution in [1.82, 2.24) is 9.13 Å². The third kappa shape index (κ3) is 2.75. The Morgan fingerprint density at radius 1 is 1.35 bits per heavy atom. The van der Waals surface area contributed by atoms with Crippen molar-refractivity contribution in [3.8, 4) is 0 Å². The molecule has 0 bridgehead atoms. The van der Waals surface area contributed by atoms with Gasteiger partial charge in [0.15, 0.2) is 0 Å². The lowest BCUT2D eigenvalue weighted by Crippen LogP contribution is -2.25. The average Bonchev–Trinajstić information content (AvgIpc) is 2.73. The Labute approximate surface area is 120 Å². The lowest BCUT2D eigenvalue weighted by Gasteiger charge is -2.06. The van der Waals surface area contributed by atoms with E-state index in [1.165, 1.54) is 16.7 Å². The van der Waals surface area contributed by atoms with Crippen LogP contribution in [0, 0.1) is 10.1 Å². The number of hydrogen-bond acceptors (Lipinski definition) is 3. The van der Waals surface area contributed by atoms with Gasteiger partial charge in [0.05, 0.1) is 16.5 Å². The summed E-state index contributed by atoms with van der Waals surface area (Å²) in [6.07, 6.45) is 3.40. The minimum Gasteiger partial charge on any atom is -0.297 e. The molecule has 0 spiro atoms. The number of rotatable bonds is 4. The molecule has 0 N–H and O–H groups in total. The maximum absolute atomic E-state index is 12.1. The Bertz CT molecular complexity index is 703. The largest absolute Gasteiger partial charge is 0.328 e. The SMILES string of the molecule is CC(C)n1ccn(Cc2ccc([N+](=O)[O-])cc2Cl)c1=O. The van der Waals surface area contributed by atoms with Gasteiger partial charge in [-0.05, 0) is 25.5 Å². The van der Waals surface area contributed by atoms with Crippen LogP contribution in [0.1, 0.15) is 25.5 Å². The zero-order chi connectivity index (χ0) is 14.9. The van der Waals surface area contributed by atoms with Crippen molar-refractivity contribution >= 4 is 17.3 Å². The van der Waals surface area contributed by atoms with Crippen LogP contribution in [0.4, 0.5) is 5.69 Å². The standard InChI is InChI=1S/C13H14ClN3O3/c1-9(2)16-6-5-15(13(16)18)8-10-3-4-11(17(19)20)7-12(10)14/h3-7,9H,8H2,1-2H3. The highest BCUT2D eigenvalue weighted by molar-refractivity contribution is 6.31. The van der Waals surface area contributed by atoms with Gasteiger partial charge in [0.25, 0.3) is 5.69 Å². The van der Waals surface area contributed by atoms with Crippen LogP contribution in [0.2, 0.25) is 5.02 Å². The van der Waals surface area contributed by atoms with Crippen LogP contribution in [-0.2, 0) is 6.54 Å². The maximum Gasteiger partial charge on any atom is 0.328 e. The molecule has 106 valence electrons. The van der Waals surface area contributed by atoms with Crippen LogP contribution in [-0.4, -0.2) is 14.1 Å². The normalized spacial score (nSPS) is 11.0. The summed E-state index contributed by atoms with van der Waals surface area (Å²) in [4.78, 5) is 22.2. The number of hydrogen-bond donors (Lipinski definition) is 0. The van der Waals surface area contributed by atoms with Crippen molar-refractivity contribution in [3.05, 3.63) is 61.8 Å². The second kappa shape index (κ2) is 5.50. The summed E-state index contributed by atoms with van der Waals surface area (Å²) < 4.78 is 3.13. The molecule has 20 heavy (non-hydrogen) atoms. The topological polar surface area (TPSA) is 70.1 Å². The van der Waals surface area contributed by atoms with Gasteiger partial charge >= 0.3 is 5.69 Å². The number of benzene rings is 1. The van der Waals surface area contributed by atoms with E-state index >= 15 is 0 Å². The van der Waals surface area contributed by atoms with Crippen molar-refractivity contribution in [2.45, 2.75) is 26.4 Å². The zero-order valence-electron chi connectivity index (χ0n) is 11.1. The molecular formula is C13H14ClN3O3. The van der Waals surface area contributed by atoms with Gasteiger partial charge in [-0.3, -0.25) is 19.2 Å². The Kier molecular flexibility index (Phi) is 3.94. The van der Waals surface area contributed by atoms with E-state index < -0.39 is 4.92 Å². The summed E-state index contributed by atoms with van der Waals surface area (Å²) >= 11 is 6.02. The van der Waals surface area contributed by atoms with Crippen molar-refractivity contribution in [3.63, 3.8) is 0 Å². The van der Waals surface area contributed by atoms with Gasteiger partial charge in [-0.1, -0.05) is 11.6 Å². The van der Waals surface area contributed by atoms with E-state index in [0.29, 0.717) is 5.56 Å². The lowest BCUT2D eigenvalue weighted by molar-refractivity contribution is -0.384. The third-order valence-electron chi connectivity index (χ3n) is 3.02. The van der Waals surface area contributed by atoms with Gasteiger partial charge in [-0.25, -0.2) is 4.79 Å². The summed E-state index contributed by atoms with van der Waals surface area (Å²) in [5.41, 5.74) is 0.473. The van der Waals surface area contributed by atoms with Crippen molar-refractivity contribution in [2.75, 3.05) is 0 Å². The highest BCUT2D eigenvalue weighted by Gasteiger charge is 2.12. The van der Waals surface area contributed by atoms with Gasteiger partial charge in [0.1, 0.15) is 0 Å². The number of aromatic nitrogens is 2. The van der Waals surface area contributed by atoms with Crippen LogP contribution in [0.25, 0.3) is 0 Å². The lowest BCUT2D eigenvalue weighted by atomic mass is 10.2. The summed E-state index contributed by atoms with van der Waals surface area (Å²) in [5.74, 6) is 0. The molecular weight excluding hydrogens is 282 g/mol. The predicted octanol–water partition coefficient (Wildman–Crippen LogP) is 2.84. The average molecular weight is 296 g/mol. The Balaban J connectivity index is 2.31. The molecule has 1 aromatic heterocycles. The van der Waals surface area contributed by atoms with E-state index in [9.17, 15) is 14.9 Å². The molecule has 6 nitrogen and oxygen atoms in total. The van der Waals surface area contributed by atoms with E-state index in [1.54, 1.807) is 23.0 Å². The molecule has 1 aromatic carbocycles. The number of nitro groups is 1. The van der Waals surface area contributed by atoms with Crippen molar-refractivity contribution in [1.29, 1.82) is 0 Å². The van der Waals surface area contributed by atoms with Gasteiger partial charge in [-0.15, -0.1) is 0 Å². The molecule has 0 saturated heterocycles. The Morgan fingerprint density at radius 3 is 2.55 bits per heavy atom. The minimum absolute atomic E-state index is 0.0640. The highest BCUT2D eigenvalue weighted by Crippen LogP contribution is 2.22. The molecule has 7 heteroatoms. The van der Waals surface area contributed by atoms with Crippen molar-refractivity contribution < 1.29 is 4.92 Å². The summed E-state index contributed by atoms with van der Waals surface area (Å²) in [5, 5.41) is 10.9. The molecule has 0 atom stereocenters. The van der Waals surface area contributed by atoms with Gasteiger partial charge in [0, 0.05) is 30.6 Å².